The lowest BCUT2D eigenvalue weighted by Crippen LogP contribution is -2.36. The van der Waals surface area contributed by atoms with Crippen molar-refractivity contribution in [1.29, 1.82) is 0 Å². The van der Waals surface area contributed by atoms with Gasteiger partial charge in [-0.2, -0.15) is 0 Å². The minimum Gasteiger partial charge on any atom is -0.451 e. The van der Waals surface area contributed by atoms with E-state index in [2.05, 4.69) is 22.2 Å². The van der Waals surface area contributed by atoms with Crippen LogP contribution in [0.25, 0.3) is 22.1 Å². The third-order valence-electron chi connectivity index (χ3n) is 5.18. The number of hydrogen-bond donors (Lipinski definition) is 2. The topological polar surface area (TPSA) is 115 Å². The number of furan rings is 1. The lowest BCUT2D eigenvalue weighted by molar-refractivity contribution is 0.0923. The van der Waals surface area contributed by atoms with E-state index >= 15 is 0 Å². The van der Waals surface area contributed by atoms with Crippen LogP contribution in [0.4, 0.5) is 0 Å². The summed E-state index contributed by atoms with van der Waals surface area (Å²) in [6, 6.07) is 5.88. The summed E-state index contributed by atoms with van der Waals surface area (Å²) < 4.78 is 8.03. The van der Waals surface area contributed by atoms with E-state index < -0.39 is 11.2 Å². The normalized spacial score (nSPS) is 11.4. The molecule has 0 atom stereocenters. The molecule has 0 fully saturated rings. The van der Waals surface area contributed by atoms with Gasteiger partial charge in [0.25, 0.3) is 11.5 Å². The lowest BCUT2D eigenvalue weighted by Gasteiger charge is -2.01. The van der Waals surface area contributed by atoms with Gasteiger partial charge in [-0.3, -0.25) is 18.7 Å². The maximum absolute atomic E-state index is 12.7. The predicted octanol–water partition coefficient (Wildman–Crippen LogP) is 1.51. The minimum absolute atomic E-state index is 0.0571. The molecule has 0 aliphatic heterocycles. The molecular formula is C20H21N5O4. The van der Waals surface area contributed by atoms with Gasteiger partial charge in [-0.05, 0) is 31.0 Å². The standard InChI is InChI=1S/C20H21N5O4/c1-5-11-6-7-13-12(8-11)10(2)16(29-13)18(26)21-9-14-22-15-17(23-14)24(3)20(28)25(4)19(15)27/h6-8H,5,9H2,1-4H3,(H,21,26)(H,22,23). The Morgan fingerprint density at radius 2 is 2.00 bits per heavy atom. The number of amides is 1. The quantitative estimate of drug-likeness (QED) is 0.543. The van der Waals surface area contributed by atoms with Crippen molar-refractivity contribution in [2.24, 2.45) is 14.1 Å². The SMILES string of the molecule is CCc1ccc2oc(C(=O)NCc3nc4c([nH]3)c(=O)n(C)c(=O)n4C)c(C)c2c1. The molecule has 0 radical (unpaired) electrons. The van der Waals surface area contributed by atoms with Crippen LogP contribution >= 0.6 is 0 Å². The zero-order valence-electron chi connectivity index (χ0n) is 16.6. The molecule has 4 rings (SSSR count). The maximum atomic E-state index is 12.7. The van der Waals surface area contributed by atoms with E-state index in [1.165, 1.54) is 24.2 Å². The van der Waals surface area contributed by atoms with Crippen LogP contribution in [-0.2, 0) is 27.1 Å². The van der Waals surface area contributed by atoms with E-state index in [-0.39, 0.29) is 29.4 Å². The zero-order valence-corrected chi connectivity index (χ0v) is 16.6. The molecule has 3 aromatic heterocycles. The first kappa shape index (κ1) is 18.7. The Hall–Kier alpha value is -3.62. The number of H-pyrrole nitrogens is 1. The second-order valence-electron chi connectivity index (χ2n) is 7.01. The smallest absolute Gasteiger partial charge is 0.332 e. The summed E-state index contributed by atoms with van der Waals surface area (Å²) >= 11 is 0. The van der Waals surface area contributed by atoms with Gasteiger partial charge in [0, 0.05) is 25.0 Å². The van der Waals surface area contributed by atoms with E-state index in [1.54, 1.807) is 0 Å². The average molecular weight is 395 g/mol. The molecule has 3 heterocycles. The number of nitrogens with zero attached hydrogens (tertiary/aromatic N) is 3. The van der Waals surface area contributed by atoms with Crippen LogP contribution in [0, 0.1) is 6.92 Å². The summed E-state index contributed by atoms with van der Waals surface area (Å²) in [6.07, 6.45) is 0.899. The molecule has 9 nitrogen and oxygen atoms in total. The van der Waals surface area contributed by atoms with E-state index in [0.29, 0.717) is 11.4 Å². The Bertz CT molecular complexity index is 1390. The molecule has 4 aromatic rings. The fraction of sp³-hybridized carbons (Fsp3) is 0.300. The fourth-order valence-electron chi connectivity index (χ4n) is 3.41. The molecule has 0 bridgehead atoms. The molecule has 29 heavy (non-hydrogen) atoms. The number of carbonyl (C=O) groups is 1. The van der Waals surface area contributed by atoms with Gasteiger partial charge < -0.3 is 14.7 Å². The number of benzene rings is 1. The molecule has 150 valence electrons. The van der Waals surface area contributed by atoms with Crippen LogP contribution in [0.15, 0.2) is 32.2 Å². The Balaban J connectivity index is 1.62. The minimum atomic E-state index is -0.465. The number of imidazole rings is 1. The number of hydrogen-bond acceptors (Lipinski definition) is 5. The molecule has 9 heteroatoms. The van der Waals surface area contributed by atoms with Crippen LogP contribution in [-0.4, -0.2) is 25.0 Å². The van der Waals surface area contributed by atoms with Crippen LogP contribution in [0.2, 0.25) is 0 Å². The summed E-state index contributed by atoms with van der Waals surface area (Å²) in [4.78, 5) is 44.1. The number of nitrogens with one attached hydrogen (secondary N) is 2. The second kappa shape index (κ2) is 6.77. The first-order valence-electron chi connectivity index (χ1n) is 9.26. The summed E-state index contributed by atoms with van der Waals surface area (Å²) in [5, 5.41) is 3.67. The maximum Gasteiger partial charge on any atom is 0.332 e. The zero-order chi connectivity index (χ0) is 20.9. The van der Waals surface area contributed by atoms with E-state index in [1.807, 2.05) is 25.1 Å². The lowest BCUT2D eigenvalue weighted by atomic mass is 10.1. The first-order valence-corrected chi connectivity index (χ1v) is 9.26. The van der Waals surface area contributed by atoms with Gasteiger partial charge >= 0.3 is 5.69 Å². The van der Waals surface area contributed by atoms with Crippen molar-refractivity contribution >= 4 is 28.0 Å². The van der Waals surface area contributed by atoms with Gasteiger partial charge in [0.15, 0.2) is 11.4 Å². The summed E-state index contributed by atoms with van der Waals surface area (Å²) in [5.41, 5.74) is 2.13. The molecule has 2 N–H and O–H groups in total. The van der Waals surface area contributed by atoms with Gasteiger partial charge in [-0.15, -0.1) is 0 Å². The highest BCUT2D eigenvalue weighted by molar-refractivity contribution is 5.99. The third-order valence-corrected chi connectivity index (χ3v) is 5.18. The average Bonchev–Trinajstić information content (AvgIpc) is 3.30. The Kier molecular flexibility index (Phi) is 4.37. The van der Waals surface area contributed by atoms with Crippen molar-refractivity contribution in [2.45, 2.75) is 26.8 Å². The third kappa shape index (κ3) is 2.95. The summed E-state index contributed by atoms with van der Waals surface area (Å²) in [5.74, 6) is 0.236. The van der Waals surface area contributed by atoms with Crippen molar-refractivity contribution in [2.75, 3.05) is 0 Å². The van der Waals surface area contributed by atoms with Crippen LogP contribution in [0.3, 0.4) is 0 Å². The number of fused-ring (bicyclic) bond motifs is 2. The van der Waals surface area contributed by atoms with Crippen molar-refractivity contribution in [3.63, 3.8) is 0 Å². The van der Waals surface area contributed by atoms with Crippen molar-refractivity contribution in [1.82, 2.24) is 24.4 Å². The van der Waals surface area contributed by atoms with Crippen LogP contribution in [0.1, 0.15) is 34.4 Å². The number of aryl methyl sites for hydroxylation is 3. The Labute approximate surface area is 165 Å². The number of carbonyl (C=O) groups excluding carboxylic acids is 1. The molecule has 1 aromatic carbocycles. The van der Waals surface area contributed by atoms with E-state index in [9.17, 15) is 14.4 Å². The first-order chi connectivity index (χ1) is 13.8. The highest BCUT2D eigenvalue weighted by atomic mass is 16.3. The monoisotopic (exact) mass is 395 g/mol. The summed E-state index contributed by atoms with van der Waals surface area (Å²) in [6.45, 7) is 3.98. The number of aromatic amines is 1. The Morgan fingerprint density at radius 1 is 1.24 bits per heavy atom. The van der Waals surface area contributed by atoms with Crippen molar-refractivity contribution < 1.29 is 9.21 Å². The highest BCUT2D eigenvalue weighted by Gasteiger charge is 2.19. The number of rotatable bonds is 4. The van der Waals surface area contributed by atoms with E-state index in [4.69, 9.17) is 4.42 Å². The molecule has 1 amide bonds. The van der Waals surface area contributed by atoms with Gasteiger partial charge in [-0.25, -0.2) is 9.78 Å². The predicted molar refractivity (Wildman–Crippen MR) is 108 cm³/mol. The largest absolute Gasteiger partial charge is 0.451 e. The molecular weight excluding hydrogens is 374 g/mol. The molecule has 0 saturated heterocycles. The molecule has 0 spiro atoms. The fourth-order valence-corrected chi connectivity index (χ4v) is 3.41. The molecule has 0 aliphatic rings. The van der Waals surface area contributed by atoms with Crippen LogP contribution < -0.4 is 16.6 Å². The van der Waals surface area contributed by atoms with E-state index in [0.717, 1.165) is 21.9 Å². The number of aromatic nitrogens is 4. The molecule has 0 saturated carbocycles. The summed E-state index contributed by atoms with van der Waals surface area (Å²) in [7, 11) is 2.94. The van der Waals surface area contributed by atoms with Gasteiger partial charge in [0.1, 0.15) is 16.9 Å². The highest BCUT2D eigenvalue weighted by Crippen LogP contribution is 2.26. The van der Waals surface area contributed by atoms with Gasteiger partial charge in [0.05, 0.1) is 6.54 Å². The van der Waals surface area contributed by atoms with Crippen LogP contribution in [0.5, 0.6) is 0 Å². The molecule has 0 aliphatic carbocycles. The Morgan fingerprint density at radius 3 is 2.72 bits per heavy atom. The van der Waals surface area contributed by atoms with Gasteiger partial charge in [-0.1, -0.05) is 13.0 Å². The molecule has 0 unspecified atom stereocenters. The van der Waals surface area contributed by atoms with Crippen molar-refractivity contribution in [3.8, 4) is 0 Å². The van der Waals surface area contributed by atoms with Crippen molar-refractivity contribution in [3.05, 3.63) is 61.7 Å². The van der Waals surface area contributed by atoms with Gasteiger partial charge in [0.2, 0.25) is 0 Å². The second-order valence-corrected chi connectivity index (χ2v) is 7.01.